The molecule has 26 heavy (non-hydrogen) atoms. The second kappa shape index (κ2) is 9.54. The van der Waals surface area contributed by atoms with Crippen molar-refractivity contribution in [3.8, 4) is 0 Å². The van der Waals surface area contributed by atoms with E-state index in [1.54, 1.807) is 0 Å². The van der Waals surface area contributed by atoms with Gasteiger partial charge in [0.2, 0.25) is 0 Å². The van der Waals surface area contributed by atoms with Crippen molar-refractivity contribution in [2.75, 3.05) is 19.6 Å². The fourth-order valence-electron chi connectivity index (χ4n) is 4.07. The average Bonchev–Trinajstić information content (AvgIpc) is 2.69. The highest BCUT2D eigenvalue weighted by atomic mass is 16.4. The van der Waals surface area contributed by atoms with E-state index in [4.69, 9.17) is 0 Å². The third-order valence-corrected chi connectivity index (χ3v) is 5.59. The molecule has 0 bridgehead atoms. The number of hydrogen-bond donors (Lipinski definition) is 1. The molecule has 3 heteroatoms. The first kappa shape index (κ1) is 20.2. The summed E-state index contributed by atoms with van der Waals surface area (Å²) in [6, 6.07) is 19.5. The monoisotopic (exact) mass is 353 g/mol. The van der Waals surface area contributed by atoms with Crippen LogP contribution in [0.25, 0.3) is 0 Å². The van der Waals surface area contributed by atoms with Gasteiger partial charge in [-0.05, 0) is 43.1 Å². The molecule has 0 fully saturated rings. The number of nitrogens with zero attached hydrogens (tertiary/aromatic N) is 1. The molecule has 0 saturated heterocycles. The summed E-state index contributed by atoms with van der Waals surface area (Å²) in [5.41, 5.74) is 0.708. The molecule has 0 aliphatic carbocycles. The lowest BCUT2D eigenvalue weighted by atomic mass is 9.63. The minimum absolute atomic E-state index is 0.0189. The zero-order valence-electron chi connectivity index (χ0n) is 16.2. The van der Waals surface area contributed by atoms with Gasteiger partial charge in [-0.1, -0.05) is 87.9 Å². The normalized spacial score (nSPS) is 12.9. The van der Waals surface area contributed by atoms with Gasteiger partial charge >= 0.3 is 5.97 Å². The lowest BCUT2D eigenvalue weighted by molar-refractivity contribution is -0.144. The van der Waals surface area contributed by atoms with Crippen LogP contribution in [0.1, 0.15) is 44.7 Å². The molecular weight excluding hydrogens is 322 g/mol. The Morgan fingerprint density at radius 2 is 1.38 bits per heavy atom. The summed E-state index contributed by atoms with van der Waals surface area (Å²) in [7, 11) is 0. The average molecular weight is 354 g/mol. The van der Waals surface area contributed by atoms with E-state index >= 15 is 0 Å². The second-order valence-electron chi connectivity index (χ2n) is 6.77. The van der Waals surface area contributed by atoms with E-state index in [0.717, 1.165) is 43.6 Å². The van der Waals surface area contributed by atoms with E-state index in [9.17, 15) is 9.90 Å². The molecule has 2 aromatic rings. The number of benzene rings is 2. The first-order chi connectivity index (χ1) is 12.6. The quantitative estimate of drug-likeness (QED) is 0.666. The van der Waals surface area contributed by atoms with E-state index in [1.807, 2.05) is 60.7 Å². The highest BCUT2D eigenvalue weighted by Crippen LogP contribution is 2.43. The van der Waals surface area contributed by atoms with Crippen molar-refractivity contribution < 1.29 is 9.90 Å². The van der Waals surface area contributed by atoms with Crippen LogP contribution in [0.4, 0.5) is 0 Å². The van der Waals surface area contributed by atoms with Crippen LogP contribution in [-0.4, -0.2) is 35.6 Å². The van der Waals surface area contributed by atoms with Gasteiger partial charge in [0.1, 0.15) is 5.41 Å². The van der Waals surface area contributed by atoms with E-state index in [2.05, 4.69) is 25.7 Å². The van der Waals surface area contributed by atoms with E-state index in [0.29, 0.717) is 0 Å². The molecule has 1 N–H and O–H groups in total. The Kier molecular flexibility index (Phi) is 7.40. The highest BCUT2D eigenvalue weighted by Gasteiger charge is 2.47. The fourth-order valence-corrected chi connectivity index (χ4v) is 4.07. The van der Waals surface area contributed by atoms with Crippen LogP contribution in [0.15, 0.2) is 60.7 Å². The number of carboxylic acids is 1. The molecule has 1 unspecified atom stereocenters. The van der Waals surface area contributed by atoms with Gasteiger partial charge in [0.25, 0.3) is 0 Å². The molecule has 3 nitrogen and oxygen atoms in total. The molecular formula is C23H31NO2. The predicted molar refractivity (Wildman–Crippen MR) is 107 cm³/mol. The number of hydrogen-bond acceptors (Lipinski definition) is 2. The Morgan fingerprint density at radius 3 is 1.73 bits per heavy atom. The first-order valence-electron chi connectivity index (χ1n) is 9.67. The SMILES string of the molecule is CCC(CCN(CC)CC)C(C(=O)O)(c1ccccc1)c1ccccc1. The number of carbonyl (C=O) groups is 1. The molecule has 140 valence electrons. The molecule has 0 heterocycles. The molecule has 0 aliphatic heterocycles. The van der Waals surface area contributed by atoms with Gasteiger partial charge in [-0.2, -0.15) is 0 Å². The summed E-state index contributed by atoms with van der Waals surface area (Å²) in [4.78, 5) is 15.2. The van der Waals surface area contributed by atoms with Gasteiger partial charge in [-0.3, -0.25) is 4.79 Å². The Morgan fingerprint density at radius 1 is 0.923 bits per heavy atom. The third kappa shape index (κ3) is 3.99. The summed E-state index contributed by atoms with van der Waals surface area (Å²) in [5.74, 6) is -0.744. The number of carboxylic acid groups (broad SMARTS) is 1. The molecule has 2 rings (SSSR count). The van der Waals surface area contributed by atoms with Gasteiger partial charge in [0.05, 0.1) is 0 Å². The smallest absolute Gasteiger partial charge is 0.318 e. The second-order valence-corrected chi connectivity index (χ2v) is 6.77. The van der Waals surface area contributed by atoms with Crippen LogP contribution in [0.5, 0.6) is 0 Å². The standard InChI is InChI=1S/C23H31NO2/c1-4-19(17-18-24(5-2)6-3)23(22(25)26,20-13-9-7-10-14-20)21-15-11-8-12-16-21/h7-16,19H,4-6,17-18H2,1-3H3,(H,25,26). The van der Waals surface area contributed by atoms with E-state index < -0.39 is 11.4 Å². The maximum Gasteiger partial charge on any atom is 0.318 e. The summed E-state index contributed by atoms with van der Waals surface area (Å²) < 4.78 is 0. The molecule has 2 aromatic carbocycles. The number of rotatable bonds is 10. The van der Waals surface area contributed by atoms with Crippen LogP contribution in [-0.2, 0) is 10.2 Å². The van der Waals surface area contributed by atoms with Crippen molar-refractivity contribution in [3.63, 3.8) is 0 Å². The molecule has 0 radical (unpaired) electrons. The molecule has 1 atom stereocenters. The molecule has 0 spiro atoms. The van der Waals surface area contributed by atoms with Gasteiger partial charge < -0.3 is 10.0 Å². The van der Waals surface area contributed by atoms with Crippen LogP contribution in [0.2, 0.25) is 0 Å². The van der Waals surface area contributed by atoms with Gasteiger partial charge in [-0.15, -0.1) is 0 Å². The molecule has 0 amide bonds. The maximum atomic E-state index is 12.8. The minimum Gasteiger partial charge on any atom is -0.480 e. The van der Waals surface area contributed by atoms with Crippen molar-refractivity contribution in [2.24, 2.45) is 5.92 Å². The Labute approximate surface area is 157 Å². The number of aliphatic carboxylic acids is 1. The van der Waals surface area contributed by atoms with Crippen molar-refractivity contribution in [1.82, 2.24) is 4.90 Å². The van der Waals surface area contributed by atoms with Crippen molar-refractivity contribution in [3.05, 3.63) is 71.8 Å². The largest absolute Gasteiger partial charge is 0.480 e. The third-order valence-electron chi connectivity index (χ3n) is 5.59. The van der Waals surface area contributed by atoms with Crippen LogP contribution < -0.4 is 0 Å². The molecule has 0 saturated carbocycles. The summed E-state index contributed by atoms with van der Waals surface area (Å²) >= 11 is 0. The van der Waals surface area contributed by atoms with Gasteiger partial charge in [0.15, 0.2) is 0 Å². The molecule has 0 aliphatic rings. The topological polar surface area (TPSA) is 40.5 Å². The van der Waals surface area contributed by atoms with Crippen LogP contribution >= 0.6 is 0 Å². The summed E-state index contributed by atoms with van der Waals surface area (Å²) in [6.07, 6.45) is 1.67. The zero-order chi connectivity index (χ0) is 19.0. The van der Waals surface area contributed by atoms with E-state index in [-0.39, 0.29) is 5.92 Å². The minimum atomic E-state index is -1.02. The van der Waals surface area contributed by atoms with Crippen molar-refractivity contribution >= 4 is 5.97 Å². The predicted octanol–water partition coefficient (Wildman–Crippen LogP) is 4.82. The highest BCUT2D eigenvalue weighted by molar-refractivity contribution is 5.86. The van der Waals surface area contributed by atoms with Crippen molar-refractivity contribution in [1.29, 1.82) is 0 Å². The lowest BCUT2D eigenvalue weighted by Gasteiger charge is -2.39. The summed E-state index contributed by atoms with van der Waals surface area (Å²) in [6.45, 7) is 9.32. The van der Waals surface area contributed by atoms with E-state index in [1.165, 1.54) is 0 Å². The van der Waals surface area contributed by atoms with Crippen LogP contribution in [0, 0.1) is 5.92 Å². The van der Waals surface area contributed by atoms with Gasteiger partial charge in [0, 0.05) is 0 Å². The summed E-state index contributed by atoms with van der Waals surface area (Å²) in [5, 5.41) is 10.5. The zero-order valence-corrected chi connectivity index (χ0v) is 16.2. The van der Waals surface area contributed by atoms with Gasteiger partial charge in [-0.25, -0.2) is 0 Å². The first-order valence-corrected chi connectivity index (χ1v) is 9.67. The Bertz CT molecular complexity index is 626. The fraction of sp³-hybridized carbons (Fsp3) is 0.435. The van der Waals surface area contributed by atoms with Crippen LogP contribution in [0.3, 0.4) is 0 Å². The molecule has 0 aromatic heterocycles. The Hall–Kier alpha value is -2.13. The lowest BCUT2D eigenvalue weighted by Crippen LogP contribution is -2.45. The maximum absolute atomic E-state index is 12.8. The van der Waals surface area contributed by atoms with Crippen molar-refractivity contribution in [2.45, 2.75) is 39.0 Å². The Balaban J connectivity index is 2.56.